The summed E-state index contributed by atoms with van der Waals surface area (Å²) >= 11 is 0. The summed E-state index contributed by atoms with van der Waals surface area (Å²) in [4.78, 5) is 14.6. The molecule has 1 atom stereocenters. The number of hydrogen-bond donors (Lipinski definition) is 2. The van der Waals surface area contributed by atoms with Gasteiger partial charge in [-0.3, -0.25) is 4.79 Å². The van der Waals surface area contributed by atoms with Crippen LogP contribution in [-0.4, -0.2) is 41.1 Å². The van der Waals surface area contributed by atoms with Crippen LogP contribution >= 0.6 is 0 Å². The summed E-state index contributed by atoms with van der Waals surface area (Å²) in [5, 5.41) is 4.49. The Balaban J connectivity index is 1.77. The molecule has 0 bridgehead atoms. The second-order valence-corrected chi connectivity index (χ2v) is 5.81. The van der Waals surface area contributed by atoms with E-state index in [4.69, 9.17) is 5.73 Å². The van der Waals surface area contributed by atoms with Gasteiger partial charge in [0.1, 0.15) is 0 Å². The Kier molecular flexibility index (Phi) is 4.45. The van der Waals surface area contributed by atoms with Crippen molar-refractivity contribution in [2.45, 2.75) is 32.5 Å². The van der Waals surface area contributed by atoms with Crippen LogP contribution in [0.15, 0.2) is 30.3 Å². The fourth-order valence-corrected chi connectivity index (χ4v) is 3.23. The Morgan fingerprint density at radius 1 is 1.36 bits per heavy atom. The van der Waals surface area contributed by atoms with Gasteiger partial charge in [0, 0.05) is 37.4 Å². The molecule has 0 fully saturated rings. The highest BCUT2D eigenvalue weighted by Crippen LogP contribution is 2.24. The molecule has 3 rings (SSSR count). The lowest BCUT2D eigenvalue weighted by molar-refractivity contribution is -0.135. The van der Waals surface area contributed by atoms with Crippen molar-refractivity contribution in [3.05, 3.63) is 36.0 Å². The SMILES string of the molecule is CCC(NCCN)C(=O)N1CCn2c(cc3ccccc32)C1. The fraction of sp³-hybridized carbons (Fsp3) is 0.471. The van der Waals surface area contributed by atoms with E-state index in [2.05, 4.69) is 40.2 Å². The molecule has 1 aromatic carbocycles. The van der Waals surface area contributed by atoms with E-state index >= 15 is 0 Å². The molecule has 1 aliphatic heterocycles. The highest BCUT2D eigenvalue weighted by molar-refractivity contribution is 5.84. The molecular formula is C17H24N4O. The molecular weight excluding hydrogens is 276 g/mol. The molecule has 1 aliphatic rings. The summed E-state index contributed by atoms with van der Waals surface area (Å²) in [6.45, 7) is 5.59. The third kappa shape index (κ3) is 2.74. The predicted octanol–water partition coefficient (Wildman–Crippen LogP) is 1.31. The summed E-state index contributed by atoms with van der Waals surface area (Å²) in [7, 11) is 0. The summed E-state index contributed by atoms with van der Waals surface area (Å²) < 4.78 is 2.33. The average Bonchev–Trinajstić information content (AvgIpc) is 2.93. The maximum absolute atomic E-state index is 12.7. The number of rotatable bonds is 5. The molecule has 5 heteroatoms. The zero-order valence-electron chi connectivity index (χ0n) is 13.1. The standard InChI is InChI=1S/C17H24N4O/c1-2-15(19-8-7-18)17(22)20-9-10-21-14(12-20)11-13-5-3-4-6-16(13)21/h3-6,11,15,19H,2,7-10,12,18H2,1H3. The number of fused-ring (bicyclic) bond motifs is 3. The second kappa shape index (κ2) is 6.50. The lowest BCUT2D eigenvalue weighted by Crippen LogP contribution is -2.49. The molecule has 0 saturated heterocycles. The van der Waals surface area contributed by atoms with E-state index in [1.54, 1.807) is 0 Å². The number of benzene rings is 1. The normalized spacial score (nSPS) is 15.8. The molecule has 0 aliphatic carbocycles. The van der Waals surface area contributed by atoms with Gasteiger partial charge >= 0.3 is 0 Å². The number of amides is 1. The van der Waals surface area contributed by atoms with Crippen LogP contribution in [0, 0.1) is 0 Å². The maximum atomic E-state index is 12.7. The zero-order chi connectivity index (χ0) is 15.5. The monoisotopic (exact) mass is 300 g/mol. The number of nitrogens with zero attached hydrogens (tertiary/aromatic N) is 2. The van der Waals surface area contributed by atoms with E-state index in [9.17, 15) is 4.79 Å². The molecule has 2 heterocycles. The van der Waals surface area contributed by atoms with Crippen LogP contribution in [0.25, 0.3) is 10.9 Å². The minimum Gasteiger partial charge on any atom is -0.341 e. The number of carbonyl (C=O) groups excluding carboxylic acids is 1. The van der Waals surface area contributed by atoms with Crippen molar-refractivity contribution in [1.82, 2.24) is 14.8 Å². The molecule has 3 N–H and O–H groups in total. The van der Waals surface area contributed by atoms with Gasteiger partial charge in [-0.2, -0.15) is 0 Å². The Bertz CT molecular complexity index is 664. The Hall–Kier alpha value is -1.85. The minimum absolute atomic E-state index is 0.125. The van der Waals surface area contributed by atoms with Crippen molar-refractivity contribution in [2.75, 3.05) is 19.6 Å². The number of nitrogens with two attached hydrogens (primary N) is 1. The van der Waals surface area contributed by atoms with Crippen LogP contribution in [0.5, 0.6) is 0 Å². The van der Waals surface area contributed by atoms with Crippen LogP contribution in [0.1, 0.15) is 19.0 Å². The van der Waals surface area contributed by atoms with E-state index in [1.807, 2.05) is 11.8 Å². The Morgan fingerprint density at radius 2 is 2.18 bits per heavy atom. The number of hydrogen-bond acceptors (Lipinski definition) is 3. The Labute approximate surface area is 131 Å². The molecule has 22 heavy (non-hydrogen) atoms. The number of aromatic nitrogens is 1. The topological polar surface area (TPSA) is 63.3 Å². The van der Waals surface area contributed by atoms with Gasteiger partial charge in [-0.1, -0.05) is 25.1 Å². The molecule has 1 aromatic heterocycles. The van der Waals surface area contributed by atoms with E-state index in [1.165, 1.54) is 16.6 Å². The van der Waals surface area contributed by atoms with Gasteiger partial charge < -0.3 is 20.5 Å². The lowest BCUT2D eigenvalue weighted by Gasteiger charge is -2.32. The number of carbonyl (C=O) groups is 1. The van der Waals surface area contributed by atoms with E-state index in [0.717, 1.165) is 19.5 Å². The first-order valence-corrected chi connectivity index (χ1v) is 8.04. The molecule has 0 spiro atoms. The molecule has 1 amide bonds. The van der Waals surface area contributed by atoms with Crippen molar-refractivity contribution in [1.29, 1.82) is 0 Å². The van der Waals surface area contributed by atoms with Crippen LogP contribution in [0.2, 0.25) is 0 Å². The number of nitrogens with one attached hydrogen (secondary N) is 1. The van der Waals surface area contributed by atoms with Gasteiger partial charge in [0.05, 0.1) is 12.6 Å². The van der Waals surface area contributed by atoms with Crippen molar-refractivity contribution < 1.29 is 4.79 Å². The first kappa shape index (κ1) is 15.1. The largest absolute Gasteiger partial charge is 0.341 e. The quantitative estimate of drug-likeness (QED) is 0.875. The van der Waals surface area contributed by atoms with E-state index in [-0.39, 0.29) is 11.9 Å². The zero-order valence-corrected chi connectivity index (χ0v) is 13.1. The van der Waals surface area contributed by atoms with Crippen LogP contribution in [0.3, 0.4) is 0 Å². The van der Waals surface area contributed by atoms with Crippen LogP contribution in [0.4, 0.5) is 0 Å². The van der Waals surface area contributed by atoms with Gasteiger partial charge in [0.15, 0.2) is 0 Å². The van der Waals surface area contributed by atoms with Gasteiger partial charge in [-0.05, 0) is 23.9 Å². The average molecular weight is 300 g/mol. The predicted molar refractivity (Wildman–Crippen MR) is 88.5 cm³/mol. The molecule has 1 unspecified atom stereocenters. The summed E-state index contributed by atoms with van der Waals surface area (Å²) in [5.74, 6) is 0.187. The van der Waals surface area contributed by atoms with Crippen LogP contribution in [-0.2, 0) is 17.9 Å². The summed E-state index contributed by atoms with van der Waals surface area (Å²) in [6, 6.07) is 10.5. The molecule has 0 saturated carbocycles. The third-order valence-electron chi connectivity index (χ3n) is 4.40. The molecule has 2 aromatic rings. The van der Waals surface area contributed by atoms with Gasteiger partial charge in [-0.15, -0.1) is 0 Å². The number of para-hydroxylation sites is 1. The summed E-state index contributed by atoms with van der Waals surface area (Å²) in [5.41, 5.74) is 8.00. The first-order valence-electron chi connectivity index (χ1n) is 8.04. The maximum Gasteiger partial charge on any atom is 0.240 e. The Morgan fingerprint density at radius 3 is 2.95 bits per heavy atom. The fourth-order valence-electron chi connectivity index (χ4n) is 3.23. The highest BCUT2D eigenvalue weighted by Gasteiger charge is 2.26. The smallest absolute Gasteiger partial charge is 0.240 e. The summed E-state index contributed by atoms with van der Waals surface area (Å²) in [6.07, 6.45) is 0.790. The van der Waals surface area contributed by atoms with Crippen molar-refractivity contribution >= 4 is 16.8 Å². The van der Waals surface area contributed by atoms with Gasteiger partial charge in [0.2, 0.25) is 5.91 Å². The third-order valence-corrected chi connectivity index (χ3v) is 4.40. The van der Waals surface area contributed by atoms with E-state index < -0.39 is 0 Å². The highest BCUT2D eigenvalue weighted by atomic mass is 16.2. The van der Waals surface area contributed by atoms with Crippen molar-refractivity contribution in [2.24, 2.45) is 5.73 Å². The van der Waals surface area contributed by atoms with Crippen LogP contribution < -0.4 is 11.1 Å². The lowest BCUT2D eigenvalue weighted by atomic mass is 10.1. The second-order valence-electron chi connectivity index (χ2n) is 5.81. The van der Waals surface area contributed by atoms with Crippen molar-refractivity contribution in [3.8, 4) is 0 Å². The first-order chi connectivity index (χ1) is 10.7. The molecule has 0 radical (unpaired) electrons. The minimum atomic E-state index is -0.125. The van der Waals surface area contributed by atoms with Crippen molar-refractivity contribution in [3.63, 3.8) is 0 Å². The van der Waals surface area contributed by atoms with Gasteiger partial charge in [0.25, 0.3) is 0 Å². The van der Waals surface area contributed by atoms with Gasteiger partial charge in [-0.25, -0.2) is 0 Å². The molecule has 118 valence electrons. The van der Waals surface area contributed by atoms with E-state index in [0.29, 0.717) is 19.6 Å². The molecule has 5 nitrogen and oxygen atoms in total.